The second kappa shape index (κ2) is 4.46. The highest BCUT2D eigenvalue weighted by Gasteiger charge is 2.18. The van der Waals surface area contributed by atoms with Crippen molar-refractivity contribution in [3.63, 3.8) is 0 Å². The molecule has 0 radical (unpaired) electrons. The first kappa shape index (κ1) is 11.3. The van der Waals surface area contributed by atoms with E-state index in [0.29, 0.717) is 0 Å². The monoisotopic (exact) mass is 352 g/mol. The lowest BCUT2D eigenvalue weighted by atomic mass is 9.99. The quantitative estimate of drug-likeness (QED) is 0.457. The Morgan fingerprint density at radius 1 is 0.882 bits per heavy atom. The second-order valence-corrected chi connectivity index (χ2v) is 5.78. The molecule has 0 aromatic heterocycles. The summed E-state index contributed by atoms with van der Waals surface area (Å²) in [6.45, 7) is 0. The summed E-state index contributed by atoms with van der Waals surface area (Å²) in [5.74, 6) is 0. The van der Waals surface area contributed by atoms with Crippen LogP contribution in [0.15, 0.2) is 42.5 Å². The van der Waals surface area contributed by atoms with Gasteiger partial charge in [0.25, 0.3) is 0 Å². The molecular formula is C15H10ClI. The van der Waals surface area contributed by atoms with Crippen LogP contribution in [0.4, 0.5) is 0 Å². The topological polar surface area (TPSA) is 0 Å². The van der Waals surface area contributed by atoms with E-state index in [1.54, 1.807) is 0 Å². The smallest absolute Gasteiger partial charge is 0.0847 e. The number of rotatable bonds is 0. The molecular weight excluding hydrogens is 343 g/mol. The van der Waals surface area contributed by atoms with E-state index in [4.69, 9.17) is 11.6 Å². The molecule has 17 heavy (non-hydrogen) atoms. The SMILES string of the molecule is ClC1c2ccccc2C=Cc2ccc(I)cc21. The second-order valence-electron chi connectivity index (χ2n) is 4.10. The van der Waals surface area contributed by atoms with Crippen molar-refractivity contribution >= 4 is 46.3 Å². The standard InChI is InChI=1S/C15H10ClI/c16-15-13-4-2-1-3-10(13)5-6-11-7-8-12(17)9-14(11)15/h1-9,15H. The molecule has 0 saturated carbocycles. The third-order valence-corrected chi connectivity index (χ3v) is 4.17. The Hall–Kier alpha value is -0.800. The molecule has 1 aliphatic rings. The average Bonchev–Trinajstić information content (AvgIpc) is 2.49. The average molecular weight is 353 g/mol. The van der Waals surface area contributed by atoms with E-state index < -0.39 is 0 Å². The Morgan fingerprint density at radius 2 is 1.59 bits per heavy atom. The summed E-state index contributed by atoms with van der Waals surface area (Å²) in [5.41, 5.74) is 4.80. The Kier molecular flexibility index (Phi) is 2.97. The first-order valence-electron chi connectivity index (χ1n) is 5.46. The Balaban J connectivity index is 2.25. The lowest BCUT2D eigenvalue weighted by molar-refractivity contribution is 1.13. The summed E-state index contributed by atoms with van der Waals surface area (Å²) in [7, 11) is 0. The minimum absolute atomic E-state index is 0.0640. The van der Waals surface area contributed by atoms with Gasteiger partial charge in [0.15, 0.2) is 0 Å². The Morgan fingerprint density at radius 3 is 2.41 bits per heavy atom. The van der Waals surface area contributed by atoms with Crippen LogP contribution in [0.3, 0.4) is 0 Å². The van der Waals surface area contributed by atoms with Gasteiger partial charge in [-0.25, -0.2) is 0 Å². The van der Waals surface area contributed by atoms with Crippen LogP contribution in [0, 0.1) is 3.57 Å². The van der Waals surface area contributed by atoms with Crippen LogP contribution in [-0.2, 0) is 0 Å². The normalized spacial score (nSPS) is 17.2. The van der Waals surface area contributed by atoms with E-state index in [2.05, 4.69) is 65.1 Å². The van der Waals surface area contributed by atoms with Gasteiger partial charge in [-0.3, -0.25) is 0 Å². The highest BCUT2D eigenvalue weighted by atomic mass is 127. The maximum absolute atomic E-state index is 6.61. The van der Waals surface area contributed by atoms with Gasteiger partial charge in [-0.1, -0.05) is 42.5 Å². The van der Waals surface area contributed by atoms with E-state index in [1.807, 2.05) is 12.1 Å². The molecule has 84 valence electrons. The molecule has 0 heterocycles. The van der Waals surface area contributed by atoms with Gasteiger partial charge in [0.05, 0.1) is 5.38 Å². The lowest BCUT2D eigenvalue weighted by Crippen LogP contribution is -1.97. The zero-order valence-corrected chi connectivity index (χ0v) is 11.9. The summed E-state index contributed by atoms with van der Waals surface area (Å²) < 4.78 is 1.22. The van der Waals surface area contributed by atoms with Crippen LogP contribution in [0.5, 0.6) is 0 Å². The van der Waals surface area contributed by atoms with Gasteiger partial charge in [-0.2, -0.15) is 0 Å². The number of halogens is 2. The van der Waals surface area contributed by atoms with Gasteiger partial charge in [0.2, 0.25) is 0 Å². The van der Waals surface area contributed by atoms with Crippen molar-refractivity contribution in [1.29, 1.82) is 0 Å². The summed E-state index contributed by atoms with van der Waals surface area (Å²) in [4.78, 5) is 0. The molecule has 0 fully saturated rings. The largest absolute Gasteiger partial charge is 0.113 e. The van der Waals surface area contributed by atoms with Crippen molar-refractivity contribution in [1.82, 2.24) is 0 Å². The van der Waals surface area contributed by atoms with E-state index in [9.17, 15) is 0 Å². The number of alkyl halides is 1. The van der Waals surface area contributed by atoms with E-state index in [-0.39, 0.29) is 5.38 Å². The molecule has 0 spiro atoms. The fraction of sp³-hybridized carbons (Fsp3) is 0.0667. The highest BCUT2D eigenvalue weighted by Crippen LogP contribution is 2.37. The van der Waals surface area contributed by atoms with Crippen molar-refractivity contribution in [3.8, 4) is 0 Å². The highest BCUT2D eigenvalue weighted by molar-refractivity contribution is 14.1. The van der Waals surface area contributed by atoms with Gasteiger partial charge in [0.1, 0.15) is 0 Å². The molecule has 2 heteroatoms. The fourth-order valence-corrected chi connectivity index (χ4v) is 3.06. The maximum Gasteiger partial charge on any atom is 0.0847 e. The van der Waals surface area contributed by atoms with Gasteiger partial charge in [0, 0.05) is 3.57 Å². The van der Waals surface area contributed by atoms with Crippen LogP contribution >= 0.6 is 34.2 Å². The predicted molar refractivity (Wildman–Crippen MR) is 82.2 cm³/mol. The first-order valence-corrected chi connectivity index (χ1v) is 6.98. The minimum atomic E-state index is -0.0640. The molecule has 0 bridgehead atoms. The fourth-order valence-electron chi connectivity index (χ4n) is 2.16. The molecule has 0 saturated heterocycles. The van der Waals surface area contributed by atoms with E-state index >= 15 is 0 Å². The van der Waals surface area contributed by atoms with Gasteiger partial charge in [-0.05, 0) is 57.0 Å². The predicted octanol–water partition coefficient (Wildman–Crippen LogP) is 5.10. The van der Waals surface area contributed by atoms with Crippen molar-refractivity contribution in [2.24, 2.45) is 0 Å². The molecule has 0 N–H and O–H groups in total. The van der Waals surface area contributed by atoms with Crippen LogP contribution in [0.25, 0.3) is 12.2 Å². The van der Waals surface area contributed by atoms with Gasteiger partial charge >= 0.3 is 0 Å². The van der Waals surface area contributed by atoms with Gasteiger partial charge in [-0.15, -0.1) is 11.6 Å². The summed E-state index contributed by atoms with van der Waals surface area (Å²) in [6, 6.07) is 14.7. The van der Waals surface area contributed by atoms with Crippen LogP contribution < -0.4 is 0 Å². The van der Waals surface area contributed by atoms with E-state index in [1.165, 1.54) is 25.8 Å². The third kappa shape index (κ3) is 2.02. The zero-order chi connectivity index (χ0) is 11.8. The molecule has 2 aromatic carbocycles. The van der Waals surface area contributed by atoms with Crippen molar-refractivity contribution in [2.75, 3.05) is 0 Å². The zero-order valence-electron chi connectivity index (χ0n) is 9.03. The third-order valence-electron chi connectivity index (χ3n) is 3.03. The molecule has 3 rings (SSSR count). The summed E-state index contributed by atoms with van der Waals surface area (Å²) >= 11 is 8.94. The van der Waals surface area contributed by atoms with E-state index in [0.717, 1.165) is 0 Å². The molecule has 0 aliphatic heterocycles. The first-order chi connectivity index (χ1) is 8.25. The number of fused-ring (bicyclic) bond motifs is 2. The summed E-state index contributed by atoms with van der Waals surface area (Å²) in [6.07, 6.45) is 4.29. The van der Waals surface area contributed by atoms with Crippen molar-refractivity contribution < 1.29 is 0 Å². The molecule has 0 amide bonds. The molecule has 1 atom stereocenters. The number of benzene rings is 2. The molecule has 2 aromatic rings. The van der Waals surface area contributed by atoms with Crippen LogP contribution in [0.1, 0.15) is 27.6 Å². The van der Waals surface area contributed by atoms with Gasteiger partial charge < -0.3 is 0 Å². The number of hydrogen-bond acceptors (Lipinski definition) is 0. The summed E-state index contributed by atoms with van der Waals surface area (Å²) in [5, 5.41) is -0.0640. The maximum atomic E-state index is 6.61. The number of hydrogen-bond donors (Lipinski definition) is 0. The lowest BCUT2D eigenvalue weighted by Gasteiger charge is -2.13. The Bertz CT molecular complexity index is 602. The molecule has 1 aliphatic carbocycles. The van der Waals surface area contributed by atoms with Crippen molar-refractivity contribution in [3.05, 3.63) is 68.3 Å². The minimum Gasteiger partial charge on any atom is -0.113 e. The molecule has 1 unspecified atom stereocenters. The Labute approximate surface area is 119 Å². The van der Waals surface area contributed by atoms with Crippen LogP contribution in [-0.4, -0.2) is 0 Å². The van der Waals surface area contributed by atoms with Crippen molar-refractivity contribution in [2.45, 2.75) is 5.38 Å². The van der Waals surface area contributed by atoms with Crippen LogP contribution in [0.2, 0.25) is 0 Å². The molecule has 0 nitrogen and oxygen atoms in total.